The van der Waals surface area contributed by atoms with Gasteiger partial charge in [-0.05, 0) is 0 Å². The van der Waals surface area contributed by atoms with Gasteiger partial charge in [0.25, 0.3) is 0 Å². The van der Waals surface area contributed by atoms with E-state index in [1.807, 2.05) is 0 Å². The molecule has 2 radical (unpaired) electrons. The molecule has 2 aliphatic rings. The Morgan fingerprint density at radius 3 is 1.00 bits per heavy atom. The van der Waals surface area contributed by atoms with Crippen LogP contribution in [0.25, 0.3) is 0 Å². The Balaban J connectivity index is 2.65. The van der Waals surface area contributed by atoms with Crippen LogP contribution in [0.5, 0.6) is 0 Å². The molecule has 150 valence electrons. The number of hydrogen-bond donors (Lipinski definition) is 0. The SMILES string of the molecule is CCCC[C]1([Sn][C]2(CCCC)C(C)=C(C)C(C)=C2C)C(C)=C(C)C(C)=C1C. The zero-order valence-electron chi connectivity index (χ0n) is 19.7. The van der Waals surface area contributed by atoms with E-state index in [9.17, 15) is 0 Å². The van der Waals surface area contributed by atoms with Gasteiger partial charge in [-0.25, -0.2) is 0 Å². The van der Waals surface area contributed by atoms with E-state index in [-0.39, 0.29) is 0 Å². The molecule has 2 rings (SSSR count). The third kappa shape index (κ3) is 3.58. The van der Waals surface area contributed by atoms with Crippen molar-refractivity contribution < 1.29 is 0 Å². The van der Waals surface area contributed by atoms with Gasteiger partial charge in [-0.15, -0.1) is 0 Å². The van der Waals surface area contributed by atoms with Crippen LogP contribution >= 0.6 is 0 Å². The predicted octanol–water partition coefficient (Wildman–Crippen LogP) is 8.76. The average molecular weight is 473 g/mol. The fourth-order valence-electron chi connectivity index (χ4n) is 5.47. The van der Waals surface area contributed by atoms with Gasteiger partial charge in [-0.1, -0.05) is 0 Å². The molecule has 0 nitrogen and oxygen atoms in total. The van der Waals surface area contributed by atoms with Crippen molar-refractivity contribution in [3.63, 3.8) is 0 Å². The number of allylic oxidation sites excluding steroid dienone is 8. The number of unbranched alkanes of at least 4 members (excludes halogenated alkanes) is 2. The Morgan fingerprint density at radius 1 is 0.519 bits per heavy atom. The van der Waals surface area contributed by atoms with E-state index in [1.54, 1.807) is 44.6 Å². The molecule has 27 heavy (non-hydrogen) atoms. The first-order valence-corrected chi connectivity index (χ1v) is 14.0. The molecule has 0 aromatic rings. The summed E-state index contributed by atoms with van der Waals surface area (Å²) in [5, 5.41) is 0. The van der Waals surface area contributed by atoms with Gasteiger partial charge in [-0.3, -0.25) is 0 Å². The molecule has 0 amide bonds. The molecule has 0 aromatic carbocycles. The summed E-state index contributed by atoms with van der Waals surface area (Å²) in [5.41, 5.74) is 13.3. The third-order valence-corrected chi connectivity index (χ3v) is 16.3. The Labute approximate surface area is 179 Å². The van der Waals surface area contributed by atoms with E-state index in [0.717, 1.165) is 0 Å². The van der Waals surface area contributed by atoms with Crippen molar-refractivity contribution in [3.8, 4) is 0 Å². The second kappa shape index (κ2) is 8.64. The van der Waals surface area contributed by atoms with Crippen LogP contribution in [0.1, 0.15) is 108 Å². The summed E-state index contributed by atoms with van der Waals surface area (Å²) in [7, 11) is 0. The summed E-state index contributed by atoms with van der Waals surface area (Å²) in [6.07, 6.45) is 8.11. The molecule has 0 aliphatic heterocycles. The summed E-state index contributed by atoms with van der Waals surface area (Å²) in [6, 6.07) is 0. The van der Waals surface area contributed by atoms with Gasteiger partial charge in [0.15, 0.2) is 0 Å². The Kier molecular flexibility index (Phi) is 7.37. The van der Waals surface area contributed by atoms with Crippen LogP contribution < -0.4 is 0 Å². The van der Waals surface area contributed by atoms with E-state index in [0.29, 0.717) is 6.86 Å². The van der Waals surface area contributed by atoms with Crippen LogP contribution in [0, 0.1) is 0 Å². The van der Waals surface area contributed by atoms with Crippen LogP contribution in [0.4, 0.5) is 0 Å². The molecular weight excluding hydrogens is 431 g/mol. The summed E-state index contributed by atoms with van der Waals surface area (Å²) >= 11 is -0.823. The van der Waals surface area contributed by atoms with Crippen LogP contribution in [-0.2, 0) is 0 Å². The fourth-order valence-corrected chi connectivity index (χ4v) is 13.5. The molecule has 0 unspecified atom stereocenters. The van der Waals surface area contributed by atoms with E-state index in [1.165, 1.54) is 38.5 Å². The number of rotatable bonds is 8. The standard InChI is InChI=1S/2C13H21.Sn/c2*1-6-7-8-13-11(4)9(2)10(3)12(13)5;/h2*6-8H2,1-5H3;. The van der Waals surface area contributed by atoms with Gasteiger partial charge >= 0.3 is 180 Å². The Morgan fingerprint density at radius 2 is 0.778 bits per heavy atom. The minimum atomic E-state index is -0.823. The van der Waals surface area contributed by atoms with Crippen molar-refractivity contribution in [1.82, 2.24) is 0 Å². The molecule has 0 bridgehead atoms. The van der Waals surface area contributed by atoms with Crippen LogP contribution in [-0.4, -0.2) is 21.1 Å². The third-order valence-electron chi connectivity index (χ3n) is 8.17. The summed E-state index contributed by atoms with van der Waals surface area (Å²) in [4.78, 5) is 0. The first-order chi connectivity index (χ1) is 12.6. The van der Waals surface area contributed by atoms with E-state index < -0.39 is 21.1 Å². The topological polar surface area (TPSA) is 0 Å². The normalized spacial score (nSPS) is 22.0. The second-order valence-corrected chi connectivity index (χ2v) is 14.7. The molecule has 0 N–H and O–H groups in total. The van der Waals surface area contributed by atoms with Crippen LogP contribution in [0.15, 0.2) is 44.6 Å². The zero-order valence-corrected chi connectivity index (χ0v) is 22.6. The van der Waals surface area contributed by atoms with Crippen LogP contribution in [0.3, 0.4) is 0 Å². The van der Waals surface area contributed by atoms with Crippen molar-refractivity contribution in [1.29, 1.82) is 0 Å². The second-order valence-electron chi connectivity index (χ2n) is 9.14. The molecule has 0 saturated heterocycles. The van der Waals surface area contributed by atoms with Gasteiger partial charge in [0, 0.05) is 0 Å². The van der Waals surface area contributed by atoms with Gasteiger partial charge in [-0.2, -0.15) is 0 Å². The fraction of sp³-hybridized carbons (Fsp3) is 0.692. The van der Waals surface area contributed by atoms with E-state index in [2.05, 4.69) is 69.2 Å². The molecule has 1 heteroatoms. The van der Waals surface area contributed by atoms with Crippen LogP contribution in [0.2, 0.25) is 6.86 Å². The maximum absolute atomic E-state index is 2.48. The van der Waals surface area contributed by atoms with Crippen molar-refractivity contribution >= 4 is 21.1 Å². The summed E-state index contributed by atoms with van der Waals surface area (Å²) < 4.78 is 0.851. The Hall–Kier alpha value is -0.241. The molecule has 0 heterocycles. The van der Waals surface area contributed by atoms with Crippen molar-refractivity contribution in [2.45, 2.75) is 115 Å². The van der Waals surface area contributed by atoms with E-state index in [4.69, 9.17) is 0 Å². The van der Waals surface area contributed by atoms with Crippen molar-refractivity contribution in [3.05, 3.63) is 44.6 Å². The molecule has 0 spiro atoms. The van der Waals surface area contributed by atoms with Gasteiger partial charge < -0.3 is 0 Å². The van der Waals surface area contributed by atoms with Crippen molar-refractivity contribution in [2.75, 3.05) is 0 Å². The molecular formula is C26H42Sn. The molecule has 0 aromatic heterocycles. The zero-order chi connectivity index (χ0) is 20.6. The Bertz CT molecular complexity index is 613. The summed E-state index contributed by atoms with van der Waals surface area (Å²) in [5.74, 6) is 0. The average Bonchev–Trinajstić information content (AvgIpc) is 2.92. The molecule has 0 saturated carbocycles. The predicted molar refractivity (Wildman–Crippen MR) is 124 cm³/mol. The molecule has 2 aliphatic carbocycles. The summed E-state index contributed by atoms with van der Waals surface area (Å²) in [6.45, 7) is 24.2. The van der Waals surface area contributed by atoms with Crippen molar-refractivity contribution in [2.24, 2.45) is 0 Å². The first kappa shape index (κ1) is 23.0. The van der Waals surface area contributed by atoms with Gasteiger partial charge in [0.1, 0.15) is 0 Å². The molecule has 0 fully saturated rings. The van der Waals surface area contributed by atoms with Gasteiger partial charge in [0.05, 0.1) is 0 Å². The molecule has 0 atom stereocenters. The monoisotopic (exact) mass is 474 g/mol. The number of hydrogen-bond acceptors (Lipinski definition) is 0. The first-order valence-electron chi connectivity index (χ1n) is 11.1. The van der Waals surface area contributed by atoms with Gasteiger partial charge in [0.2, 0.25) is 0 Å². The minimum absolute atomic E-state index is 0.425. The van der Waals surface area contributed by atoms with E-state index >= 15 is 0 Å². The quantitative estimate of drug-likeness (QED) is 0.309. The maximum atomic E-state index is 2.48.